The average molecular weight is 320 g/mol. The molecule has 5 heteroatoms. The van der Waals surface area contributed by atoms with Gasteiger partial charge in [-0.1, -0.05) is 55.3 Å². The highest BCUT2D eigenvalue weighted by Gasteiger charge is 2.59. The monoisotopic (exact) mass is 318 g/mol. The van der Waals surface area contributed by atoms with Crippen molar-refractivity contribution in [3.8, 4) is 0 Å². The SMILES string of the molecule is CC1(C)[C@H](/C=C(\Cl)c2ccc(Cl)cc2)[C@H]1OC(=O)Cl. The van der Waals surface area contributed by atoms with Crippen LogP contribution in [-0.2, 0) is 4.74 Å². The number of hydrogen-bond donors (Lipinski definition) is 0. The third kappa shape index (κ3) is 3.25. The van der Waals surface area contributed by atoms with Crippen molar-refractivity contribution < 1.29 is 9.53 Å². The first kappa shape index (κ1) is 14.7. The maximum absolute atomic E-state index is 10.8. The molecule has 2 nitrogen and oxygen atoms in total. The molecule has 0 aromatic heterocycles. The molecule has 0 radical (unpaired) electrons. The van der Waals surface area contributed by atoms with E-state index in [1.807, 2.05) is 32.1 Å². The van der Waals surface area contributed by atoms with Crippen LogP contribution in [0.25, 0.3) is 5.03 Å². The first-order chi connectivity index (χ1) is 8.82. The van der Waals surface area contributed by atoms with Gasteiger partial charge in [-0.2, -0.15) is 0 Å². The first-order valence-corrected chi connectivity index (χ1v) is 6.95. The van der Waals surface area contributed by atoms with Gasteiger partial charge in [0.2, 0.25) is 0 Å². The second-order valence-corrected chi connectivity index (χ2v) is 6.30. The van der Waals surface area contributed by atoms with Crippen LogP contribution >= 0.6 is 34.8 Å². The smallest absolute Gasteiger partial charge is 0.404 e. The van der Waals surface area contributed by atoms with E-state index in [0.717, 1.165) is 5.56 Å². The molecule has 0 aliphatic heterocycles. The summed E-state index contributed by atoms with van der Waals surface area (Å²) in [4.78, 5) is 10.8. The molecule has 0 unspecified atom stereocenters. The van der Waals surface area contributed by atoms with Gasteiger partial charge < -0.3 is 4.74 Å². The van der Waals surface area contributed by atoms with Crippen LogP contribution in [0.5, 0.6) is 0 Å². The summed E-state index contributed by atoms with van der Waals surface area (Å²) in [5.41, 5.74) is -0.0433. The summed E-state index contributed by atoms with van der Waals surface area (Å²) in [6, 6.07) is 7.25. The normalized spacial score (nSPS) is 25.0. The minimum atomic E-state index is -0.781. The molecule has 1 aromatic rings. The highest BCUT2D eigenvalue weighted by atomic mass is 35.5. The Morgan fingerprint density at radius 3 is 2.37 bits per heavy atom. The lowest BCUT2D eigenvalue weighted by atomic mass is 10.1. The fraction of sp³-hybridized carbons (Fsp3) is 0.357. The zero-order valence-corrected chi connectivity index (χ0v) is 12.8. The van der Waals surface area contributed by atoms with Crippen molar-refractivity contribution in [2.75, 3.05) is 0 Å². The summed E-state index contributed by atoms with van der Waals surface area (Å²) in [7, 11) is 0. The lowest BCUT2D eigenvalue weighted by Crippen LogP contribution is -2.03. The van der Waals surface area contributed by atoms with Gasteiger partial charge in [-0.25, -0.2) is 4.79 Å². The molecule has 1 saturated carbocycles. The van der Waals surface area contributed by atoms with Gasteiger partial charge in [-0.15, -0.1) is 0 Å². The maximum atomic E-state index is 10.8. The molecule has 1 aliphatic carbocycles. The Balaban J connectivity index is 2.13. The predicted molar refractivity (Wildman–Crippen MR) is 78.7 cm³/mol. The Hall–Kier alpha value is -0.700. The predicted octanol–water partition coefficient (Wildman–Crippen LogP) is 5.32. The molecule has 2 rings (SSSR count). The van der Waals surface area contributed by atoms with Gasteiger partial charge >= 0.3 is 5.43 Å². The van der Waals surface area contributed by atoms with Crippen LogP contribution in [-0.4, -0.2) is 11.5 Å². The van der Waals surface area contributed by atoms with Gasteiger partial charge in [0, 0.05) is 33.0 Å². The van der Waals surface area contributed by atoms with Crippen LogP contribution in [0.15, 0.2) is 30.3 Å². The van der Waals surface area contributed by atoms with E-state index in [2.05, 4.69) is 0 Å². The summed E-state index contributed by atoms with van der Waals surface area (Å²) >= 11 is 17.3. The molecule has 1 aliphatic rings. The minimum absolute atomic E-state index is 0.0679. The summed E-state index contributed by atoms with van der Waals surface area (Å²) in [6.07, 6.45) is 1.67. The number of halogens is 3. The van der Waals surface area contributed by atoms with Crippen molar-refractivity contribution in [1.82, 2.24) is 0 Å². The van der Waals surface area contributed by atoms with E-state index in [1.165, 1.54) is 0 Å². The molecule has 0 amide bonds. The second-order valence-electron chi connectivity index (χ2n) is 5.14. The molecule has 0 N–H and O–H groups in total. The Morgan fingerprint density at radius 2 is 1.84 bits per heavy atom. The Kier molecular flexibility index (Phi) is 4.14. The summed E-state index contributed by atoms with van der Waals surface area (Å²) < 4.78 is 5.05. The molecular weight excluding hydrogens is 307 g/mol. The zero-order valence-electron chi connectivity index (χ0n) is 10.5. The Labute approximate surface area is 127 Å². The number of hydrogen-bond acceptors (Lipinski definition) is 2. The lowest BCUT2D eigenvalue weighted by Gasteiger charge is -2.00. The van der Waals surface area contributed by atoms with Crippen molar-refractivity contribution in [2.24, 2.45) is 11.3 Å². The van der Waals surface area contributed by atoms with Gasteiger partial charge in [0.25, 0.3) is 0 Å². The van der Waals surface area contributed by atoms with Gasteiger partial charge in [0.05, 0.1) is 0 Å². The summed E-state index contributed by atoms with van der Waals surface area (Å²) in [6.45, 7) is 4.01. The molecular formula is C14H13Cl3O2. The molecule has 19 heavy (non-hydrogen) atoms. The van der Waals surface area contributed by atoms with Crippen molar-refractivity contribution in [3.63, 3.8) is 0 Å². The summed E-state index contributed by atoms with van der Waals surface area (Å²) in [5.74, 6) is 0.0679. The maximum Gasteiger partial charge on any atom is 0.404 e. The molecule has 0 saturated heterocycles. The zero-order chi connectivity index (χ0) is 14.2. The topological polar surface area (TPSA) is 26.3 Å². The number of benzene rings is 1. The number of rotatable bonds is 3. The summed E-state index contributed by atoms with van der Waals surface area (Å²) in [5, 5.41) is 1.27. The van der Waals surface area contributed by atoms with Gasteiger partial charge in [-0.3, -0.25) is 0 Å². The van der Waals surface area contributed by atoms with Gasteiger partial charge in [-0.05, 0) is 17.7 Å². The third-order valence-electron chi connectivity index (χ3n) is 3.47. The molecule has 0 heterocycles. The Bertz CT molecular complexity index is 520. The van der Waals surface area contributed by atoms with Crippen molar-refractivity contribution >= 4 is 45.3 Å². The second kappa shape index (κ2) is 5.35. The van der Waals surface area contributed by atoms with Crippen LogP contribution in [0.1, 0.15) is 19.4 Å². The highest BCUT2D eigenvalue weighted by molar-refractivity contribution is 6.61. The number of carbonyl (C=O) groups excluding carboxylic acids is 1. The van der Waals surface area contributed by atoms with E-state index in [1.54, 1.807) is 12.1 Å². The first-order valence-electron chi connectivity index (χ1n) is 5.81. The standard InChI is InChI=1S/C14H13Cl3O2/c1-14(2)10(12(14)19-13(17)18)7-11(16)8-3-5-9(15)6-4-8/h3-7,10,12H,1-2H3/b11-7-/t10-,12-/m1/s1. The quantitative estimate of drug-likeness (QED) is 0.705. The highest BCUT2D eigenvalue weighted by Crippen LogP contribution is 2.56. The van der Waals surface area contributed by atoms with E-state index < -0.39 is 5.43 Å². The van der Waals surface area contributed by atoms with Crippen LogP contribution < -0.4 is 0 Å². The Morgan fingerprint density at radius 1 is 1.26 bits per heavy atom. The van der Waals surface area contributed by atoms with Crippen LogP contribution in [0.4, 0.5) is 4.79 Å². The van der Waals surface area contributed by atoms with E-state index in [-0.39, 0.29) is 17.4 Å². The molecule has 2 atom stereocenters. The van der Waals surface area contributed by atoms with Gasteiger partial charge in [0.1, 0.15) is 6.10 Å². The average Bonchev–Trinajstić information content (AvgIpc) is 2.80. The molecule has 1 aromatic carbocycles. The van der Waals surface area contributed by atoms with E-state index in [4.69, 9.17) is 39.5 Å². The van der Waals surface area contributed by atoms with E-state index >= 15 is 0 Å². The van der Waals surface area contributed by atoms with Crippen molar-refractivity contribution in [3.05, 3.63) is 40.9 Å². The molecule has 102 valence electrons. The van der Waals surface area contributed by atoms with Crippen molar-refractivity contribution in [1.29, 1.82) is 0 Å². The van der Waals surface area contributed by atoms with E-state index in [0.29, 0.717) is 10.1 Å². The minimum Gasteiger partial charge on any atom is -0.449 e. The fourth-order valence-electron chi connectivity index (χ4n) is 2.12. The van der Waals surface area contributed by atoms with Crippen LogP contribution in [0.2, 0.25) is 5.02 Å². The van der Waals surface area contributed by atoms with Crippen LogP contribution in [0, 0.1) is 11.3 Å². The van der Waals surface area contributed by atoms with Crippen molar-refractivity contribution in [2.45, 2.75) is 20.0 Å². The molecule has 0 bridgehead atoms. The van der Waals surface area contributed by atoms with E-state index in [9.17, 15) is 4.79 Å². The third-order valence-corrected chi connectivity index (χ3v) is 4.16. The number of ether oxygens (including phenoxy) is 1. The molecule has 0 spiro atoms. The van der Waals surface area contributed by atoms with Crippen LogP contribution in [0.3, 0.4) is 0 Å². The number of carbonyl (C=O) groups is 1. The largest absolute Gasteiger partial charge is 0.449 e. The lowest BCUT2D eigenvalue weighted by molar-refractivity contribution is 0.150. The van der Waals surface area contributed by atoms with Gasteiger partial charge in [0.15, 0.2) is 0 Å². The fourth-order valence-corrected chi connectivity index (χ4v) is 2.60. The molecule has 1 fully saturated rings.